The number of urea groups is 1. The maximum atomic E-state index is 13.5. The van der Waals surface area contributed by atoms with E-state index in [9.17, 15) is 18.3 Å². The Morgan fingerprint density at radius 3 is 2.56 bits per heavy atom. The average Bonchev–Trinajstić information content (AvgIpc) is 2.74. The van der Waals surface area contributed by atoms with E-state index >= 15 is 0 Å². The lowest BCUT2D eigenvalue weighted by Gasteiger charge is -2.37. The fourth-order valence-corrected chi connectivity index (χ4v) is 5.36. The van der Waals surface area contributed by atoms with E-state index < -0.39 is 22.2 Å². The number of hydrogen-bond acceptors (Lipinski definition) is 6. The highest BCUT2D eigenvalue weighted by Gasteiger charge is 2.38. The minimum Gasteiger partial charge on any atom is -0.487 e. The molecule has 0 spiro atoms. The van der Waals surface area contributed by atoms with E-state index in [1.54, 1.807) is 26.1 Å². The van der Waals surface area contributed by atoms with Gasteiger partial charge in [0.25, 0.3) is 0 Å². The van der Waals surface area contributed by atoms with E-state index in [1.165, 1.54) is 15.3 Å². The molecule has 1 aliphatic rings. The molecule has 0 aromatic heterocycles. The maximum Gasteiger partial charge on any atom is 0.317 e. The van der Waals surface area contributed by atoms with Gasteiger partial charge in [0, 0.05) is 37.2 Å². The van der Waals surface area contributed by atoms with Crippen LogP contribution in [0, 0.1) is 17.8 Å². The highest BCUT2D eigenvalue weighted by molar-refractivity contribution is 7.89. The van der Waals surface area contributed by atoms with Crippen molar-refractivity contribution in [3.05, 3.63) is 23.8 Å². The molecule has 9 nitrogen and oxygen atoms in total. The standard InChI is InChI=1S/C24H38N4O5S/c1-17(2)25-24(30)27(7)15-22-18(3)14-28(19(4)16-29)34(31,32)23-11-10-20(13-21(23)33-22)9-8-12-26(5)6/h10-11,13,17-19,22,29H,12,14-16H2,1-7H3,(H,25,30)/t18-,19-,22+/m0/s1. The van der Waals surface area contributed by atoms with Gasteiger partial charge in [0.05, 0.1) is 19.7 Å². The van der Waals surface area contributed by atoms with Gasteiger partial charge < -0.3 is 20.1 Å². The number of carbonyl (C=O) groups excluding carboxylic acids is 1. The number of hydrogen-bond donors (Lipinski definition) is 2. The van der Waals surface area contributed by atoms with Crippen molar-refractivity contribution < 1.29 is 23.1 Å². The monoisotopic (exact) mass is 494 g/mol. The van der Waals surface area contributed by atoms with Crippen molar-refractivity contribution in [2.24, 2.45) is 5.92 Å². The first-order chi connectivity index (χ1) is 15.9. The Balaban J connectivity index is 2.50. The number of fused-ring (bicyclic) bond motifs is 1. The van der Waals surface area contributed by atoms with Crippen LogP contribution in [-0.4, -0.2) is 99.2 Å². The number of benzene rings is 1. The number of sulfonamides is 1. The summed E-state index contributed by atoms with van der Waals surface area (Å²) in [6.45, 7) is 7.99. The summed E-state index contributed by atoms with van der Waals surface area (Å²) in [4.78, 5) is 16.0. The molecule has 0 saturated carbocycles. The van der Waals surface area contributed by atoms with Crippen molar-refractivity contribution in [1.82, 2.24) is 19.4 Å². The number of aliphatic hydroxyl groups excluding tert-OH is 1. The van der Waals surface area contributed by atoms with Crippen molar-refractivity contribution in [2.75, 3.05) is 47.4 Å². The molecule has 2 N–H and O–H groups in total. The molecule has 190 valence electrons. The number of rotatable bonds is 6. The molecule has 1 heterocycles. The lowest BCUT2D eigenvalue weighted by molar-refractivity contribution is 0.0809. The number of aliphatic hydroxyl groups is 1. The van der Waals surface area contributed by atoms with E-state index in [1.807, 2.05) is 39.8 Å². The molecule has 34 heavy (non-hydrogen) atoms. The second-order valence-corrected chi connectivity index (χ2v) is 11.3. The van der Waals surface area contributed by atoms with Crippen LogP contribution >= 0.6 is 0 Å². The van der Waals surface area contributed by atoms with Gasteiger partial charge >= 0.3 is 6.03 Å². The zero-order valence-electron chi connectivity index (χ0n) is 21.2. The van der Waals surface area contributed by atoms with E-state index in [0.29, 0.717) is 12.1 Å². The normalized spacial score (nSPS) is 20.9. The summed E-state index contributed by atoms with van der Waals surface area (Å²) in [6, 6.07) is 3.94. The van der Waals surface area contributed by atoms with E-state index in [-0.39, 0.29) is 48.3 Å². The highest BCUT2D eigenvalue weighted by atomic mass is 32.2. The SMILES string of the molecule is CC(C)NC(=O)N(C)C[C@H]1Oc2cc(C#CCN(C)C)ccc2S(=O)(=O)N([C@@H](C)CO)C[C@@H]1C. The van der Waals surface area contributed by atoms with Crippen LogP contribution in [-0.2, 0) is 10.0 Å². The fraction of sp³-hybridized carbons (Fsp3) is 0.625. The number of amides is 2. The van der Waals surface area contributed by atoms with Gasteiger partial charge in [-0.2, -0.15) is 4.31 Å². The predicted octanol–water partition coefficient (Wildman–Crippen LogP) is 1.42. The molecule has 0 aliphatic carbocycles. The van der Waals surface area contributed by atoms with Crippen LogP contribution in [0.2, 0.25) is 0 Å². The summed E-state index contributed by atoms with van der Waals surface area (Å²) in [5.41, 5.74) is 0.635. The number of nitrogens with one attached hydrogen (secondary N) is 1. The fourth-order valence-electron chi connectivity index (χ4n) is 3.53. The summed E-state index contributed by atoms with van der Waals surface area (Å²) in [6.07, 6.45) is -0.476. The molecule has 0 unspecified atom stereocenters. The zero-order chi connectivity index (χ0) is 25.6. The number of carbonyl (C=O) groups is 1. The molecule has 1 aliphatic heterocycles. The first-order valence-electron chi connectivity index (χ1n) is 11.5. The van der Waals surface area contributed by atoms with Crippen LogP contribution in [0.15, 0.2) is 23.1 Å². The van der Waals surface area contributed by atoms with Gasteiger partial charge in [-0.25, -0.2) is 13.2 Å². The van der Waals surface area contributed by atoms with Gasteiger partial charge in [-0.05, 0) is 53.1 Å². The largest absolute Gasteiger partial charge is 0.487 e. The Hall–Kier alpha value is -2.32. The van der Waals surface area contributed by atoms with E-state index in [0.717, 1.165) is 0 Å². The molecular formula is C24H38N4O5S. The van der Waals surface area contributed by atoms with Crippen molar-refractivity contribution in [3.8, 4) is 17.6 Å². The minimum atomic E-state index is -3.92. The van der Waals surface area contributed by atoms with Crippen molar-refractivity contribution >= 4 is 16.1 Å². The van der Waals surface area contributed by atoms with Crippen molar-refractivity contribution in [2.45, 2.75) is 50.8 Å². The van der Waals surface area contributed by atoms with Gasteiger partial charge in [-0.15, -0.1) is 0 Å². The third-order valence-electron chi connectivity index (χ3n) is 5.51. The minimum absolute atomic E-state index is 0.0133. The molecule has 1 aromatic rings. The summed E-state index contributed by atoms with van der Waals surface area (Å²) in [7, 11) is 1.59. The zero-order valence-corrected chi connectivity index (χ0v) is 22.0. The van der Waals surface area contributed by atoms with Crippen LogP contribution in [0.1, 0.15) is 33.3 Å². The van der Waals surface area contributed by atoms with Crippen LogP contribution in [0.5, 0.6) is 5.75 Å². The van der Waals surface area contributed by atoms with Crippen LogP contribution in [0.4, 0.5) is 4.79 Å². The van der Waals surface area contributed by atoms with E-state index in [2.05, 4.69) is 17.2 Å². The van der Waals surface area contributed by atoms with Crippen LogP contribution in [0.3, 0.4) is 0 Å². The van der Waals surface area contributed by atoms with Gasteiger partial charge in [0.1, 0.15) is 16.7 Å². The summed E-state index contributed by atoms with van der Waals surface area (Å²) < 4.78 is 34.6. The summed E-state index contributed by atoms with van der Waals surface area (Å²) >= 11 is 0. The maximum absolute atomic E-state index is 13.5. The average molecular weight is 495 g/mol. The first-order valence-corrected chi connectivity index (χ1v) is 12.9. The lowest BCUT2D eigenvalue weighted by atomic mass is 10.0. The van der Waals surface area contributed by atoms with Gasteiger partial charge in [-0.3, -0.25) is 4.90 Å². The molecular weight excluding hydrogens is 456 g/mol. The Morgan fingerprint density at radius 2 is 1.97 bits per heavy atom. The van der Waals surface area contributed by atoms with Crippen molar-refractivity contribution in [1.29, 1.82) is 0 Å². The third-order valence-corrected chi connectivity index (χ3v) is 7.53. The Bertz CT molecular complexity index is 1020. The van der Waals surface area contributed by atoms with Gasteiger partial charge in [-0.1, -0.05) is 18.8 Å². The van der Waals surface area contributed by atoms with E-state index in [4.69, 9.17) is 4.74 Å². The lowest BCUT2D eigenvalue weighted by Crippen LogP contribution is -2.51. The molecule has 3 atom stereocenters. The molecule has 2 amide bonds. The summed E-state index contributed by atoms with van der Waals surface area (Å²) in [5, 5.41) is 12.6. The topological polar surface area (TPSA) is 102 Å². The predicted molar refractivity (Wildman–Crippen MR) is 132 cm³/mol. The second kappa shape index (κ2) is 11.9. The van der Waals surface area contributed by atoms with Crippen LogP contribution in [0.25, 0.3) is 0 Å². The molecule has 1 aromatic carbocycles. The van der Waals surface area contributed by atoms with Gasteiger partial charge in [0.15, 0.2) is 0 Å². The molecule has 10 heteroatoms. The molecule has 2 rings (SSSR count). The first kappa shape index (κ1) is 27.9. The Morgan fingerprint density at radius 1 is 1.29 bits per heavy atom. The smallest absolute Gasteiger partial charge is 0.317 e. The van der Waals surface area contributed by atoms with Gasteiger partial charge in [0.2, 0.25) is 10.0 Å². The Kier molecular flexibility index (Phi) is 9.76. The molecule has 0 saturated heterocycles. The Labute approximate surface area is 204 Å². The van der Waals surface area contributed by atoms with Crippen LogP contribution < -0.4 is 10.1 Å². The third kappa shape index (κ3) is 7.09. The summed E-state index contributed by atoms with van der Waals surface area (Å²) in [5.74, 6) is 6.03. The number of nitrogens with zero attached hydrogens (tertiary/aromatic N) is 3. The van der Waals surface area contributed by atoms with Crippen molar-refractivity contribution in [3.63, 3.8) is 0 Å². The second-order valence-electron chi connectivity index (χ2n) is 9.43. The number of ether oxygens (including phenoxy) is 1. The molecule has 0 bridgehead atoms. The molecule has 0 fully saturated rings. The number of likely N-dealkylation sites (N-methyl/N-ethyl adjacent to an activating group) is 1. The quantitative estimate of drug-likeness (QED) is 0.580. The molecule has 0 radical (unpaired) electrons. The highest BCUT2D eigenvalue weighted by Crippen LogP contribution is 2.34.